The van der Waals surface area contributed by atoms with E-state index in [4.69, 9.17) is 9.97 Å². The summed E-state index contributed by atoms with van der Waals surface area (Å²) >= 11 is 0. The average molecular weight is 516 g/mol. The molecule has 0 aliphatic carbocycles. The van der Waals surface area contributed by atoms with Gasteiger partial charge in [-0.3, -0.25) is 10.00 Å². The predicted molar refractivity (Wildman–Crippen MR) is 150 cm³/mol. The average Bonchev–Trinajstić information content (AvgIpc) is 3.74. The van der Waals surface area contributed by atoms with Crippen molar-refractivity contribution < 1.29 is 0 Å². The van der Waals surface area contributed by atoms with Crippen LogP contribution < -0.4 is 0 Å². The third-order valence-electron chi connectivity index (χ3n) is 7.47. The van der Waals surface area contributed by atoms with Gasteiger partial charge in [0.15, 0.2) is 5.82 Å². The van der Waals surface area contributed by atoms with Crippen LogP contribution in [-0.2, 0) is 6.54 Å². The van der Waals surface area contributed by atoms with Crippen molar-refractivity contribution in [2.24, 2.45) is 0 Å². The maximum atomic E-state index is 4.91. The van der Waals surface area contributed by atoms with Crippen LogP contribution in [0.25, 0.3) is 39.7 Å². The summed E-state index contributed by atoms with van der Waals surface area (Å²) in [5, 5.41) is 12.0. The molecule has 1 aliphatic heterocycles. The molecule has 2 N–H and O–H groups in total. The molecule has 1 saturated heterocycles. The Morgan fingerprint density at radius 3 is 2.46 bits per heavy atom. The number of hydrogen-bond acceptors (Lipinski definition) is 6. The van der Waals surface area contributed by atoms with Gasteiger partial charge in [0.05, 0.1) is 11.4 Å². The number of H-pyrrole nitrogens is 2. The number of piperidine rings is 1. The lowest BCUT2D eigenvalue weighted by Crippen LogP contribution is -2.32. The molecule has 0 unspecified atom stereocenters. The third kappa shape index (κ3) is 4.72. The Hall–Kier alpha value is -4.63. The smallest absolute Gasteiger partial charge is 0.252 e. The van der Waals surface area contributed by atoms with Crippen molar-refractivity contribution in [2.75, 3.05) is 13.1 Å². The summed E-state index contributed by atoms with van der Waals surface area (Å²) in [6.07, 6.45) is 6.06. The second-order valence-corrected chi connectivity index (χ2v) is 10.1. The van der Waals surface area contributed by atoms with E-state index in [9.17, 15) is 0 Å². The molecule has 9 heteroatoms. The second kappa shape index (κ2) is 9.92. The fourth-order valence-electron chi connectivity index (χ4n) is 5.41. The highest BCUT2D eigenvalue weighted by molar-refractivity contribution is 5.81. The van der Waals surface area contributed by atoms with Crippen LogP contribution in [0.4, 0.5) is 0 Å². The molecule has 4 aromatic heterocycles. The first-order valence-corrected chi connectivity index (χ1v) is 13.4. The molecule has 2 aromatic carbocycles. The maximum absolute atomic E-state index is 4.91. The van der Waals surface area contributed by atoms with Crippen LogP contribution in [0.3, 0.4) is 0 Å². The first-order valence-electron chi connectivity index (χ1n) is 13.4. The molecule has 1 aliphatic rings. The SMILES string of the molecule is Cc1nc2nc(-c3ccc(CN4CCC(c5nc(-c6ccc[nH]6)n[nH]5)CC4)cc3)c(-c3ccccc3)cn2n1. The second-order valence-electron chi connectivity index (χ2n) is 10.1. The van der Waals surface area contributed by atoms with E-state index in [1.165, 1.54) is 5.56 Å². The molecule has 0 atom stereocenters. The highest BCUT2D eigenvalue weighted by atomic mass is 15.3. The van der Waals surface area contributed by atoms with E-state index in [0.717, 1.165) is 72.2 Å². The molecule has 0 bridgehead atoms. The van der Waals surface area contributed by atoms with Crippen LogP contribution >= 0.6 is 0 Å². The molecule has 0 radical (unpaired) electrons. The zero-order valence-electron chi connectivity index (χ0n) is 21.7. The standard InChI is InChI=1S/C30H29N9/c1-20-32-30-33-27(25(19-39(30)37-20)22-6-3-2-4-7-22)23-11-9-21(10-12-23)18-38-16-13-24(14-17-38)28-34-29(36-35-28)26-8-5-15-31-26/h2-12,15,19,24,31H,13-14,16-18H2,1H3,(H,34,35,36). The van der Waals surface area contributed by atoms with Gasteiger partial charge < -0.3 is 4.98 Å². The molecule has 39 heavy (non-hydrogen) atoms. The van der Waals surface area contributed by atoms with Gasteiger partial charge >= 0.3 is 0 Å². The van der Waals surface area contributed by atoms with E-state index in [1.54, 1.807) is 4.52 Å². The maximum Gasteiger partial charge on any atom is 0.252 e. The lowest BCUT2D eigenvalue weighted by atomic mass is 9.95. The molecule has 0 amide bonds. The molecule has 6 aromatic rings. The Bertz CT molecular complexity index is 1690. The van der Waals surface area contributed by atoms with Crippen molar-refractivity contribution in [3.05, 3.63) is 96.3 Å². The molecule has 1 fully saturated rings. The Kier molecular flexibility index (Phi) is 5.97. The molecule has 7 rings (SSSR count). The van der Waals surface area contributed by atoms with E-state index < -0.39 is 0 Å². The van der Waals surface area contributed by atoms with Crippen molar-refractivity contribution >= 4 is 5.78 Å². The summed E-state index contributed by atoms with van der Waals surface area (Å²) in [5.74, 6) is 3.46. The van der Waals surface area contributed by atoms with Crippen LogP contribution in [0, 0.1) is 6.92 Å². The van der Waals surface area contributed by atoms with Crippen molar-refractivity contribution in [2.45, 2.75) is 32.2 Å². The zero-order chi connectivity index (χ0) is 26.2. The van der Waals surface area contributed by atoms with E-state index in [1.807, 2.05) is 49.6 Å². The Morgan fingerprint density at radius 1 is 0.872 bits per heavy atom. The van der Waals surface area contributed by atoms with Gasteiger partial charge in [-0.1, -0.05) is 54.6 Å². The first kappa shape index (κ1) is 23.5. The number of nitrogens with one attached hydrogen (secondary N) is 2. The number of nitrogens with zero attached hydrogens (tertiary/aromatic N) is 7. The number of aryl methyl sites for hydroxylation is 1. The topological polar surface area (TPSA) is 104 Å². The minimum absolute atomic E-state index is 0.415. The van der Waals surface area contributed by atoms with Gasteiger partial charge in [0.1, 0.15) is 11.6 Å². The van der Waals surface area contributed by atoms with Crippen molar-refractivity contribution in [3.8, 4) is 33.9 Å². The van der Waals surface area contributed by atoms with Gasteiger partial charge in [0.25, 0.3) is 5.78 Å². The number of aromatic amines is 2. The normalized spacial score (nSPS) is 14.8. The number of hydrogen-bond donors (Lipinski definition) is 2. The number of likely N-dealkylation sites (tertiary alicyclic amines) is 1. The highest BCUT2D eigenvalue weighted by Gasteiger charge is 2.24. The monoisotopic (exact) mass is 515 g/mol. The van der Waals surface area contributed by atoms with Crippen molar-refractivity contribution in [1.29, 1.82) is 0 Å². The van der Waals surface area contributed by atoms with E-state index in [-0.39, 0.29) is 0 Å². The van der Waals surface area contributed by atoms with Crippen LogP contribution in [0.5, 0.6) is 0 Å². The van der Waals surface area contributed by atoms with Crippen molar-refractivity contribution in [3.63, 3.8) is 0 Å². The number of fused-ring (bicyclic) bond motifs is 1. The largest absolute Gasteiger partial charge is 0.359 e. The summed E-state index contributed by atoms with van der Waals surface area (Å²) in [6.45, 7) is 4.89. The van der Waals surface area contributed by atoms with Crippen molar-refractivity contribution in [1.82, 2.24) is 44.6 Å². The van der Waals surface area contributed by atoms with Crippen LogP contribution in [0.1, 0.15) is 36.0 Å². The molecule has 0 spiro atoms. The quantitative estimate of drug-likeness (QED) is 0.314. The Labute approximate surface area is 226 Å². The fourth-order valence-corrected chi connectivity index (χ4v) is 5.41. The van der Waals surface area contributed by atoms with Gasteiger partial charge in [0.2, 0.25) is 0 Å². The lowest BCUT2D eigenvalue weighted by Gasteiger charge is -2.31. The lowest BCUT2D eigenvalue weighted by molar-refractivity contribution is 0.202. The molecule has 194 valence electrons. The van der Waals surface area contributed by atoms with E-state index in [2.05, 4.69) is 66.6 Å². The predicted octanol–water partition coefficient (Wildman–Crippen LogP) is 5.26. The summed E-state index contributed by atoms with van der Waals surface area (Å²) in [4.78, 5) is 19.8. The number of rotatable bonds is 6. The van der Waals surface area contributed by atoms with Gasteiger partial charge in [-0.2, -0.15) is 15.2 Å². The van der Waals surface area contributed by atoms with Crippen LogP contribution in [0.15, 0.2) is 79.1 Å². The fraction of sp³-hybridized carbons (Fsp3) is 0.233. The molecule has 9 nitrogen and oxygen atoms in total. The van der Waals surface area contributed by atoms with Crippen LogP contribution in [-0.4, -0.2) is 57.7 Å². The molecular weight excluding hydrogens is 486 g/mol. The van der Waals surface area contributed by atoms with Gasteiger partial charge in [-0.25, -0.2) is 14.5 Å². The Morgan fingerprint density at radius 2 is 1.69 bits per heavy atom. The van der Waals surface area contributed by atoms with E-state index >= 15 is 0 Å². The summed E-state index contributed by atoms with van der Waals surface area (Å²) < 4.78 is 1.76. The van der Waals surface area contributed by atoms with E-state index in [0.29, 0.717) is 17.5 Å². The minimum Gasteiger partial charge on any atom is -0.359 e. The number of aromatic nitrogens is 8. The summed E-state index contributed by atoms with van der Waals surface area (Å²) in [7, 11) is 0. The van der Waals surface area contributed by atoms with Gasteiger partial charge in [-0.15, -0.1) is 0 Å². The third-order valence-corrected chi connectivity index (χ3v) is 7.47. The molecule has 0 saturated carbocycles. The zero-order valence-corrected chi connectivity index (χ0v) is 21.7. The Balaban J connectivity index is 1.06. The molecule has 5 heterocycles. The van der Waals surface area contributed by atoms with Gasteiger partial charge in [-0.05, 0) is 56.1 Å². The minimum atomic E-state index is 0.415. The highest BCUT2D eigenvalue weighted by Crippen LogP contribution is 2.32. The first-order chi connectivity index (χ1) is 19.2. The van der Waals surface area contributed by atoms with Gasteiger partial charge in [0, 0.05) is 36.0 Å². The van der Waals surface area contributed by atoms with Crippen LogP contribution in [0.2, 0.25) is 0 Å². The molecular formula is C30H29N9. The number of benzene rings is 2. The summed E-state index contributed by atoms with van der Waals surface area (Å²) in [5.41, 5.74) is 6.37. The summed E-state index contributed by atoms with van der Waals surface area (Å²) in [6, 6.07) is 23.1.